The molecule has 1 saturated carbocycles. The van der Waals surface area contributed by atoms with E-state index in [1.165, 1.54) is 0 Å². The molecule has 2 fully saturated rings. The molecule has 1 heterocycles. The molecule has 0 unspecified atom stereocenters. The SMILES string of the molecule is C=C1[C@@H]2C(=O)CCC[C@@H]2OC1(C)C. The topological polar surface area (TPSA) is 26.3 Å². The summed E-state index contributed by atoms with van der Waals surface area (Å²) < 4.78 is 5.82. The molecule has 13 heavy (non-hydrogen) atoms. The number of ketones is 1. The molecule has 0 aromatic heterocycles. The third-order valence-electron chi connectivity index (χ3n) is 3.23. The van der Waals surface area contributed by atoms with Crippen LogP contribution in [0.4, 0.5) is 0 Å². The molecule has 0 radical (unpaired) electrons. The van der Waals surface area contributed by atoms with Crippen molar-refractivity contribution in [3.8, 4) is 0 Å². The lowest BCUT2D eigenvalue weighted by Crippen LogP contribution is -2.29. The molecule has 0 N–H and O–H groups in total. The summed E-state index contributed by atoms with van der Waals surface area (Å²) in [6.45, 7) is 8.00. The van der Waals surface area contributed by atoms with Crippen molar-refractivity contribution in [3.05, 3.63) is 12.2 Å². The zero-order valence-electron chi connectivity index (χ0n) is 8.30. The molecule has 1 saturated heterocycles. The van der Waals surface area contributed by atoms with Gasteiger partial charge in [0.25, 0.3) is 0 Å². The number of ether oxygens (including phenoxy) is 1. The molecule has 0 amide bonds. The summed E-state index contributed by atoms with van der Waals surface area (Å²) >= 11 is 0. The minimum Gasteiger partial charge on any atom is -0.367 e. The highest BCUT2D eigenvalue weighted by atomic mass is 16.5. The molecular formula is C11H16O2. The predicted octanol–water partition coefficient (Wildman–Crippen LogP) is 2.09. The van der Waals surface area contributed by atoms with Crippen LogP contribution in [-0.4, -0.2) is 17.5 Å². The molecule has 2 nitrogen and oxygen atoms in total. The van der Waals surface area contributed by atoms with Crippen molar-refractivity contribution in [1.82, 2.24) is 0 Å². The first kappa shape index (κ1) is 8.95. The Labute approximate surface area is 79.0 Å². The van der Waals surface area contributed by atoms with E-state index in [0.29, 0.717) is 12.2 Å². The van der Waals surface area contributed by atoms with Gasteiger partial charge >= 0.3 is 0 Å². The van der Waals surface area contributed by atoms with Gasteiger partial charge in [0, 0.05) is 6.42 Å². The predicted molar refractivity (Wildman–Crippen MR) is 50.4 cm³/mol. The summed E-state index contributed by atoms with van der Waals surface area (Å²) in [5.74, 6) is 0.315. The highest BCUT2D eigenvalue weighted by Gasteiger charge is 2.48. The Morgan fingerprint density at radius 3 is 2.85 bits per heavy atom. The molecule has 1 aliphatic carbocycles. The van der Waals surface area contributed by atoms with E-state index in [9.17, 15) is 4.79 Å². The molecule has 2 aliphatic rings. The van der Waals surface area contributed by atoms with Crippen molar-refractivity contribution in [1.29, 1.82) is 0 Å². The molecule has 0 aromatic rings. The van der Waals surface area contributed by atoms with E-state index in [1.54, 1.807) is 0 Å². The van der Waals surface area contributed by atoms with Crippen LogP contribution in [0.5, 0.6) is 0 Å². The maximum atomic E-state index is 11.6. The summed E-state index contributed by atoms with van der Waals surface area (Å²) in [5.41, 5.74) is 0.678. The number of carbonyl (C=O) groups excluding carboxylic acids is 1. The van der Waals surface area contributed by atoms with E-state index in [4.69, 9.17) is 4.74 Å². The smallest absolute Gasteiger partial charge is 0.142 e. The van der Waals surface area contributed by atoms with E-state index >= 15 is 0 Å². The van der Waals surface area contributed by atoms with Crippen LogP contribution >= 0.6 is 0 Å². The van der Waals surface area contributed by atoms with Crippen LogP contribution in [0, 0.1) is 5.92 Å². The van der Waals surface area contributed by atoms with Gasteiger partial charge in [-0.05, 0) is 32.3 Å². The number of carbonyl (C=O) groups is 1. The normalized spacial score (nSPS) is 37.7. The average Bonchev–Trinajstić information content (AvgIpc) is 2.24. The Morgan fingerprint density at radius 2 is 2.23 bits per heavy atom. The van der Waals surface area contributed by atoms with Crippen molar-refractivity contribution in [3.63, 3.8) is 0 Å². The van der Waals surface area contributed by atoms with E-state index in [-0.39, 0.29) is 17.6 Å². The summed E-state index contributed by atoms with van der Waals surface area (Å²) in [5, 5.41) is 0. The van der Waals surface area contributed by atoms with Gasteiger partial charge in [-0.2, -0.15) is 0 Å². The third-order valence-corrected chi connectivity index (χ3v) is 3.23. The molecule has 72 valence electrons. The Kier molecular flexibility index (Phi) is 1.84. The van der Waals surface area contributed by atoms with Gasteiger partial charge in [0.05, 0.1) is 17.6 Å². The van der Waals surface area contributed by atoms with Crippen LogP contribution in [0.2, 0.25) is 0 Å². The Bertz CT molecular complexity index is 265. The Hall–Kier alpha value is -0.630. The molecule has 2 rings (SSSR count). The number of hydrogen-bond acceptors (Lipinski definition) is 2. The highest BCUT2D eigenvalue weighted by molar-refractivity contribution is 5.86. The second-order valence-electron chi connectivity index (χ2n) is 4.53. The first-order valence-electron chi connectivity index (χ1n) is 4.92. The zero-order chi connectivity index (χ0) is 9.64. The van der Waals surface area contributed by atoms with Crippen LogP contribution in [0.25, 0.3) is 0 Å². The first-order valence-corrected chi connectivity index (χ1v) is 4.92. The molecule has 1 aliphatic heterocycles. The lowest BCUT2D eigenvalue weighted by atomic mass is 9.79. The maximum absolute atomic E-state index is 11.6. The number of rotatable bonds is 0. The van der Waals surface area contributed by atoms with E-state index in [0.717, 1.165) is 18.4 Å². The highest BCUT2D eigenvalue weighted by Crippen LogP contribution is 2.43. The van der Waals surface area contributed by atoms with Crippen LogP contribution in [0.1, 0.15) is 33.1 Å². The number of fused-ring (bicyclic) bond motifs is 1. The largest absolute Gasteiger partial charge is 0.367 e. The van der Waals surface area contributed by atoms with E-state index < -0.39 is 0 Å². The first-order chi connectivity index (χ1) is 6.02. The Balaban J connectivity index is 2.29. The molecule has 0 bridgehead atoms. The lowest BCUT2D eigenvalue weighted by Gasteiger charge is -2.22. The van der Waals surface area contributed by atoms with Crippen molar-refractivity contribution < 1.29 is 9.53 Å². The van der Waals surface area contributed by atoms with E-state index in [1.807, 2.05) is 13.8 Å². The molecule has 0 spiro atoms. The fourth-order valence-electron chi connectivity index (χ4n) is 2.38. The minimum atomic E-state index is -0.296. The standard InChI is InChI=1S/C11H16O2/c1-7-10-8(12)5-4-6-9(10)13-11(7,2)3/h9-10H,1,4-6H2,2-3H3/t9-,10+/m0/s1. The minimum absolute atomic E-state index is 0.0104. The lowest BCUT2D eigenvalue weighted by molar-refractivity contribution is -0.127. The van der Waals surface area contributed by atoms with Crippen molar-refractivity contribution in [2.45, 2.75) is 44.8 Å². The number of Topliss-reactive ketones (excluding diaryl/α,β-unsaturated/α-hetero) is 1. The van der Waals surface area contributed by atoms with Gasteiger partial charge in [-0.25, -0.2) is 0 Å². The molecule has 2 atom stereocenters. The monoisotopic (exact) mass is 180 g/mol. The second-order valence-corrected chi connectivity index (χ2v) is 4.53. The van der Waals surface area contributed by atoms with Gasteiger partial charge in [0.1, 0.15) is 5.78 Å². The van der Waals surface area contributed by atoms with Gasteiger partial charge < -0.3 is 4.74 Å². The van der Waals surface area contributed by atoms with Crippen molar-refractivity contribution in [2.75, 3.05) is 0 Å². The van der Waals surface area contributed by atoms with Crippen LogP contribution < -0.4 is 0 Å². The summed E-state index contributed by atoms with van der Waals surface area (Å²) in [7, 11) is 0. The van der Waals surface area contributed by atoms with E-state index in [2.05, 4.69) is 6.58 Å². The number of hydrogen-bond donors (Lipinski definition) is 0. The molecular weight excluding hydrogens is 164 g/mol. The van der Waals surface area contributed by atoms with Crippen molar-refractivity contribution in [2.24, 2.45) is 5.92 Å². The van der Waals surface area contributed by atoms with Gasteiger partial charge in [0.2, 0.25) is 0 Å². The van der Waals surface area contributed by atoms with Gasteiger partial charge in [-0.15, -0.1) is 0 Å². The summed E-state index contributed by atoms with van der Waals surface area (Å²) in [6.07, 6.45) is 2.81. The van der Waals surface area contributed by atoms with Crippen LogP contribution in [-0.2, 0) is 9.53 Å². The summed E-state index contributed by atoms with van der Waals surface area (Å²) in [4.78, 5) is 11.6. The third kappa shape index (κ3) is 1.24. The van der Waals surface area contributed by atoms with Gasteiger partial charge in [0.15, 0.2) is 0 Å². The zero-order valence-corrected chi connectivity index (χ0v) is 8.30. The van der Waals surface area contributed by atoms with Crippen molar-refractivity contribution >= 4 is 5.78 Å². The molecule has 2 heteroatoms. The summed E-state index contributed by atoms with van der Waals surface area (Å²) in [6, 6.07) is 0. The fourth-order valence-corrected chi connectivity index (χ4v) is 2.38. The molecule has 0 aromatic carbocycles. The van der Waals surface area contributed by atoms with Gasteiger partial charge in [-0.3, -0.25) is 4.79 Å². The quantitative estimate of drug-likeness (QED) is 0.533. The van der Waals surface area contributed by atoms with Crippen LogP contribution in [0.3, 0.4) is 0 Å². The maximum Gasteiger partial charge on any atom is 0.142 e. The Morgan fingerprint density at radius 1 is 1.54 bits per heavy atom. The average molecular weight is 180 g/mol. The van der Waals surface area contributed by atoms with Crippen LogP contribution in [0.15, 0.2) is 12.2 Å². The van der Waals surface area contributed by atoms with Gasteiger partial charge in [-0.1, -0.05) is 6.58 Å². The fraction of sp³-hybridized carbons (Fsp3) is 0.727. The second kappa shape index (κ2) is 2.68.